The van der Waals surface area contributed by atoms with Crippen LogP contribution in [-0.4, -0.2) is 30.1 Å². The van der Waals surface area contributed by atoms with Crippen LogP contribution in [0.3, 0.4) is 0 Å². The van der Waals surface area contributed by atoms with E-state index in [1.165, 1.54) is 0 Å². The molecule has 1 aliphatic heterocycles. The van der Waals surface area contributed by atoms with E-state index in [-0.39, 0.29) is 17.8 Å². The molecule has 3 aromatic rings. The normalized spacial score (nSPS) is 18.5. The zero-order valence-electron chi connectivity index (χ0n) is 23.5. The maximum atomic E-state index is 13.5. The summed E-state index contributed by atoms with van der Waals surface area (Å²) in [5.74, 6) is -1.65. The van der Waals surface area contributed by atoms with Crippen LogP contribution in [0.4, 0.5) is 13.2 Å². The summed E-state index contributed by atoms with van der Waals surface area (Å²) in [7, 11) is -4.05. The zero-order valence-corrected chi connectivity index (χ0v) is 24.3. The summed E-state index contributed by atoms with van der Waals surface area (Å²) >= 11 is 0. The molecule has 1 aromatic heterocycles. The molecule has 6 nitrogen and oxygen atoms in total. The molecule has 10 heteroatoms. The first-order valence-electron chi connectivity index (χ1n) is 13.9. The first kappa shape index (κ1) is 31.3. The molecule has 42 heavy (non-hydrogen) atoms. The van der Waals surface area contributed by atoms with Gasteiger partial charge in [0.25, 0.3) is 0 Å². The van der Waals surface area contributed by atoms with Gasteiger partial charge >= 0.3 is 12.1 Å². The quantitative estimate of drug-likeness (QED) is 0.229. The lowest BCUT2D eigenvalue weighted by Crippen LogP contribution is -2.41. The summed E-state index contributed by atoms with van der Waals surface area (Å²) in [5, 5.41) is 10.8. The van der Waals surface area contributed by atoms with Gasteiger partial charge in [0.15, 0.2) is 14.9 Å². The molecule has 0 bridgehead atoms. The first-order chi connectivity index (χ1) is 19.9. The Morgan fingerprint density at radius 1 is 1.00 bits per heavy atom. The number of nitrogens with zero attached hydrogens (tertiary/aromatic N) is 1. The van der Waals surface area contributed by atoms with Crippen molar-refractivity contribution < 1.29 is 36.2 Å². The van der Waals surface area contributed by atoms with Crippen LogP contribution < -0.4 is 0 Å². The van der Waals surface area contributed by atoms with Crippen LogP contribution >= 0.6 is 0 Å². The number of benzene rings is 2. The molecule has 0 saturated carbocycles. The minimum absolute atomic E-state index is 0.0217. The van der Waals surface area contributed by atoms with Crippen molar-refractivity contribution in [2.75, 3.05) is 0 Å². The van der Waals surface area contributed by atoms with Crippen molar-refractivity contribution in [2.24, 2.45) is 0 Å². The van der Waals surface area contributed by atoms with E-state index >= 15 is 0 Å². The Morgan fingerprint density at radius 2 is 1.71 bits per heavy atom. The second-order valence-corrected chi connectivity index (χ2v) is 12.6. The lowest BCUT2D eigenvalue weighted by Gasteiger charge is -2.38. The third-order valence-electron chi connectivity index (χ3n) is 7.60. The molecular formula is C32H34F3NO5S. The fourth-order valence-corrected chi connectivity index (χ4v) is 6.81. The number of halogens is 3. The van der Waals surface area contributed by atoms with Gasteiger partial charge in [0.05, 0.1) is 16.9 Å². The number of aliphatic hydroxyl groups excluding tert-OH is 1. The number of cyclic esters (lactones) is 1. The van der Waals surface area contributed by atoms with Crippen LogP contribution in [-0.2, 0) is 37.7 Å². The van der Waals surface area contributed by atoms with Crippen molar-refractivity contribution >= 4 is 15.8 Å². The molecule has 2 atom stereocenters. The molecule has 0 radical (unpaired) electrons. The molecule has 2 aromatic carbocycles. The van der Waals surface area contributed by atoms with Crippen molar-refractivity contribution in [3.05, 3.63) is 107 Å². The molecule has 0 spiro atoms. The van der Waals surface area contributed by atoms with Gasteiger partial charge in [-0.3, -0.25) is 0 Å². The molecular weight excluding hydrogens is 567 g/mol. The highest BCUT2D eigenvalue weighted by atomic mass is 32.2. The number of aliphatic hydroxyl groups is 1. The van der Waals surface area contributed by atoms with Crippen molar-refractivity contribution in [1.29, 1.82) is 0 Å². The largest absolute Gasteiger partial charge is 0.512 e. The van der Waals surface area contributed by atoms with Crippen LogP contribution in [0.5, 0.6) is 0 Å². The Hall–Kier alpha value is -3.66. The molecule has 224 valence electrons. The van der Waals surface area contributed by atoms with Crippen LogP contribution in [0.2, 0.25) is 0 Å². The van der Waals surface area contributed by atoms with E-state index in [9.17, 15) is 31.5 Å². The lowest BCUT2D eigenvalue weighted by atomic mass is 9.80. The monoisotopic (exact) mass is 601 g/mol. The summed E-state index contributed by atoms with van der Waals surface area (Å²) in [6.45, 7) is 3.86. The Morgan fingerprint density at radius 3 is 2.31 bits per heavy atom. The third-order valence-corrected chi connectivity index (χ3v) is 9.19. The number of alkyl halides is 3. The van der Waals surface area contributed by atoms with Crippen LogP contribution in [0, 0.1) is 0 Å². The number of hydrogen-bond acceptors (Lipinski definition) is 6. The first-order valence-corrected chi connectivity index (χ1v) is 15.6. The number of aromatic nitrogens is 1. The standard InChI is InChI=1S/C32H34F3NO5S/c1-3-16-31(17-15-22-9-6-5-7-10-22)19-27(37)29(30(38)41-31)26(4-2)24-12-8-11-23(18-24)21-42(39,40)28-14-13-25(20-36-28)32(33,34)35/h5-14,18,20,26,37H,3-4,15-17,19,21H2,1-2H3/t26-,31-/m1/s1. The summed E-state index contributed by atoms with van der Waals surface area (Å²) in [6.07, 6.45) is -0.865. The van der Waals surface area contributed by atoms with E-state index in [1.807, 2.05) is 44.2 Å². The van der Waals surface area contributed by atoms with Crippen LogP contribution in [0.25, 0.3) is 0 Å². The number of rotatable bonds is 11. The van der Waals surface area contributed by atoms with Gasteiger partial charge in [-0.1, -0.05) is 74.9 Å². The Balaban J connectivity index is 1.57. The number of pyridine rings is 1. The number of esters is 1. The summed E-state index contributed by atoms with van der Waals surface area (Å²) in [4.78, 5) is 17.0. The fourth-order valence-electron chi connectivity index (χ4n) is 5.56. The van der Waals surface area contributed by atoms with E-state index in [1.54, 1.807) is 24.3 Å². The number of carbonyl (C=O) groups is 1. The molecule has 1 aliphatic rings. The number of carbonyl (C=O) groups excluding carboxylic acids is 1. The van der Waals surface area contributed by atoms with Crippen molar-refractivity contribution in [3.8, 4) is 0 Å². The van der Waals surface area contributed by atoms with Gasteiger partial charge in [-0.25, -0.2) is 18.2 Å². The van der Waals surface area contributed by atoms with Gasteiger partial charge in [0.1, 0.15) is 11.4 Å². The zero-order chi connectivity index (χ0) is 30.5. The number of sulfone groups is 1. The van der Waals surface area contributed by atoms with Crippen molar-refractivity contribution in [2.45, 2.75) is 80.8 Å². The predicted octanol–water partition coefficient (Wildman–Crippen LogP) is 7.50. The number of ether oxygens (including phenoxy) is 1. The second kappa shape index (κ2) is 12.7. The van der Waals surface area contributed by atoms with E-state index in [2.05, 4.69) is 4.98 Å². The Bertz CT molecular complexity index is 1540. The van der Waals surface area contributed by atoms with Crippen LogP contribution in [0.15, 0.2) is 89.3 Å². The topological polar surface area (TPSA) is 93.6 Å². The average Bonchev–Trinajstić information content (AvgIpc) is 2.94. The highest BCUT2D eigenvalue weighted by Crippen LogP contribution is 2.42. The summed E-state index contributed by atoms with van der Waals surface area (Å²) in [6, 6.07) is 18.0. The molecule has 4 rings (SSSR count). The van der Waals surface area contributed by atoms with Gasteiger partial charge in [-0.15, -0.1) is 0 Å². The van der Waals surface area contributed by atoms with E-state index < -0.39 is 49.8 Å². The molecule has 0 saturated heterocycles. The Labute approximate surface area is 244 Å². The van der Waals surface area contributed by atoms with Crippen LogP contribution in [0.1, 0.15) is 74.1 Å². The minimum Gasteiger partial charge on any atom is -0.512 e. The predicted molar refractivity (Wildman–Crippen MR) is 152 cm³/mol. The SMILES string of the molecule is CCC[C@@]1(CCc2ccccc2)CC(O)=C([C@H](CC)c2cccc(CS(=O)(=O)c3ccc(C(F)(F)F)cn3)c2)C(=O)O1. The molecule has 0 unspecified atom stereocenters. The van der Waals surface area contributed by atoms with Gasteiger partial charge in [-0.2, -0.15) is 13.2 Å². The maximum Gasteiger partial charge on any atom is 0.417 e. The molecule has 0 fully saturated rings. The number of aryl methyl sites for hydroxylation is 1. The lowest BCUT2D eigenvalue weighted by molar-refractivity contribution is -0.161. The molecule has 0 amide bonds. The molecule has 0 aliphatic carbocycles. The second-order valence-electron chi connectivity index (χ2n) is 10.7. The fraction of sp³-hybridized carbons (Fsp3) is 0.375. The van der Waals surface area contributed by atoms with Gasteiger partial charge in [0.2, 0.25) is 0 Å². The Kier molecular flexibility index (Phi) is 9.45. The average molecular weight is 602 g/mol. The number of hydrogen-bond donors (Lipinski definition) is 1. The molecule has 2 heterocycles. The van der Waals surface area contributed by atoms with Crippen molar-refractivity contribution in [1.82, 2.24) is 4.98 Å². The highest BCUT2D eigenvalue weighted by Gasteiger charge is 2.43. The van der Waals surface area contributed by atoms with E-state index in [0.717, 1.165) is 18.1 Å². The minimum atomic E-state index is -4.63. The van der Waals surface area contributed by atoms with E-state index in [4.69, 9.17) is 4.74 Å². The van der Waals surface area contributed by atoms with Gasteiger partial charge < -0.3 is 9.84 Å². The maximum absolute atomic E-state index is 13.5. The third kappa shape index (κ3) is 7.21. The van der Waals surface area contributed by atoms with Gasteiger partial charge in [-0.05, 0) is 54.5 Å². The molecule has 1 N–H and O–H groups in total. The van der Waals surface area contributed by atoms with Crippen molar-refractivity contribution in [3.63, 3.8) is 0 Å². The smallest absolute Gasteiger partial charge is 0.417 e. The highest BCUT2D eigenvalue weighted by molar-refractivity contribution is 7.90. The van der Waals surface area contributed by atoms with E-state index in [0.29, 0.717) is 49.1 Å². The summed E-state index contributed by atoms with van der Waals surface area (Å²) in [5.41, 5.74) is 0.413. The van der Waals surface area contributed by atoms with Gasteiger partial charge in [0, 0.05) is 18.5 Å². The summed E-state index contributed by atoms with van der Waals surface area (Å²) < 4.78 is 70.6.